The Morgan fingerprint density at radius 2 is 1.70 bits per heavy atom. The lowest BCUT2D eigenvalue weighted by molar-refractivity contribution is -0.139. The third kappa shape index (κ3) is 4.76. The molecule has 0 unspecified atom stereocenters. The van der Waals surface area contributed by atoms with Gasteiger partial charge in [-0.25, -0.2) is 0 Å². The normalized spacial score (nSPS) is 19.9. The van der Waals surface area contributed by atoms with Crippen molar-refractivity contribution in [3.8, 4) is 0 Å². The Labute approximate surface area is 162 Å². The number of carboxylic acids is 1. The molecule has 1 saturated heterocycles. The van der Waals surface area contributed by atoms with Crippen molar-refractivity contribution in [2.24, 2.45) is 0 Å². The molecular formula is C23H30N2O2. The van der Waals surface area contributed by atoms with Gasteiger partial charge in [0.15, 0.2) is 0 Å². The highest BCUT2D eigenvalue weighted by atomic mass is 16.4. The van der Waals surface area contributed by atoms with Gasteiger partial charge in [-0.3, -0.25) is 14.6 Å². The highest BCUT2D eigenvalue weighted by Crippen LogP contribution is 2.32. The molecule has 1 aliphatic rings. The Morgan fingerprint density at radius 3 is 2.33 bits per heavy atom. The third-order valence-corrected chi connectivity index (χ3v) is 5.51. The number of nitrogens with zero attached hydrogens (tertiary/aromatic N) is 2. The van der Waals surface area contributed by atoms with Gasteiger partial charge >= 0.3 is 5.97 Å². The summed E-state index contributed by atoms with van der Waals surface area (Å²) in [6, 6.07) is 20.0. The van der Waals surface area contributed by atoms with E-state index in [-0.39, 0.29) is 18.6 Å². The second-order valence-corrected chi connectivity index (χ2v) is 7.85. The first-order valence-corrected chi connectivity index (χ1v) is 9.80. The molecule has 144 valence electrons. The molecule has 0 saturated carbocycles. The fourth-order valence-corrected chi connectivity index (χ4v) is 4.00. The standard InChI is InChI=1S/C23H30N2O2/c1-17(2)20-10-7-11-21(14-20)23(19-8-5-4-6-9-19)25-13-12-24(16-22(26)27)18(3)15-25/h4-11,14,17-18,23H,12-13,15-16H2,1-3H3,(H,26,27)/t18-,23-/m1/s1. The van der Waals surface area contributed by atoms with Crippen LogP contribution in [-0.4, -0.2) is 53.1 Å². The van der Waals surface area contributed by atoms with E-state index in [0.717, 1.165) is 19.6 Å². The number of carboxylic acid groups (broad SMARTS) is 1. The molecule has 0 aliphatic carbocycles. The molecule has 3 rings (SSSR count). The molecule has 1 N–H and O–H groups in total. The van der Waals surface area contributed by atoms with Gasteiger partial charge in [-0.2, -0.15) is 0 Å². The Kier molecular flexibility index (Phi) is 6.30. The second-order valence-electron chi connectivity index (χ2n) is 7.85. The second kappa shape index (κ2) is 8.68. The molecule has 0 radical (unpaired) electrons. The van der Waals surface area contributed by atoms with E-state index in [9.17, 15) is 4.79 Å². The minimum atomic E-state index is -0.750. The highest BCUT2D eigenvalue weighted by molar-refractivity contribution is 5.69. The molecule has 1 fully saturated rings. The highest BCUT2D eigenvalue weighted by Gasteiger charge is 2.31. The lowest BCUT2D eigenvalue weighted by atomic mass is 9.92. The summed E-state index contributed by atoms with van der Waals surface area (Å²) in [6.45, 7) is 9.20. The maximum Gasteiger partial charge on any atom is 0.317 e. The van der Waals surface area contributed by atoms with E-state index in [2.05, 4.69) is 85.2 Å². The van der Waals surface area contributed by atoms with E-state index < -0.39 is 5.97 Å². The third-order valence-electron chi connectivity index (χ3n) is 5.51. The van der Waals surface area contributed by atoms with Crippen LogP contribution in [0.5, 0.6) is 0 Å². The predicted molar refractivity (Wildman–Crippen MR) is 109 cm³/mol. The zero-order valence-corrected chi connectivity index (χ0v) is 16.5. The molecule has 4 heteroatoms. The maximum atomic E-state index is 11.1. The Hall–Kier alpha value is -2.17. The van der Waals surface area contributed by atoms with Gasteiger partial charge in [-0.1, -0.05) is 68.4 Å². The largest absolute Gasteiger partial charge is 0.480 e. The Morgan fingerprint density at radius 1 is 1.04 bits per heavy atom. The molecule has 2 aromatic carbocycles. The van der Waals surface area contributed by atoms with Crippen LogP contribution in [0.2, 0.25) is 0 Å². The van der Waals surface area contributed by atoms with Crippen LogP contribution in [0.3, 0.4) is 0 Å². The molecule has 27 heavy (non-hydrogen) atoms. The molecule has 1 aliphatic heterocycles. The van der Waals surface area contributed by atoms with Crippen LogP contribution in [0.25, 0.3) is 0 Å². The average Bonchev–Trinajstić information content (AvgIpc) is 2.65. The van der Waals surface area contributed by atoms with Gasteiger partial charge in [0.05, 0.1) is 12.6 Å². The minimum Gasteiger partial charge on any atom is -0.480 e. The monoisotopic (exact) mass is 366 g/mol. The molecule has 2 atom stereocenters. The predicted octanol–water partition coefficient (Wildman–Crippen LogP) is 3.99. The van der Waals surface area contributed by atoms with E-state index >= 15 is 0 Å². The van der Waals surface area contributed by atoms with Gasteiger partial charge < -0.3 is 5.11 Å². The molecule has 4 nitrogen and oxygen atoms in total. The first-order valence-electron chi connectivity index (χ1n) is 9.80. The summed E-state index contributed by atoms with van der Waals surface area (Å²) in [7, 11) is 0. The number of hydrogen-bond acceptors (Lipinski definition) is 3. The summed E-state index contributed by atoms with van der Waals surface area (Å²) in [6.07, 6.45) is 0. The van der Waals surface area contributed by atoms with Crippen LogP contribution in [-0.2, 0) is 4.79 Å². The number of aliphatic carboxylic acids is 1. The van der Waals surface area contributed by atoms with Gasteiger partial charge in [0.2, 0.25) is 0 Å². The molecule has 0 aromatic heterocycles. The number of carbonyl (C=O) groups is 1. The van der Waals surface area contributed by atoms with Crippen molar-refractivity contribution in [1.29, 1.82) is 0 Å². The Bertz CT molecular complexity index is 760. The minimum absolute atomic E-state index is 0.119. The number of piperazine rings is 1. The summed E-state index contributed by atoms with van der Waals surface area (Å²) >= 11 is 0. The van der Waals surface area contributed by atoms with Crippen molar-refractivity contribution in [3.63, 3.8) is 0 Å². The molecule has 0 amide bonds. The van der Waals surface area contributed by atoms with Crippen LogP contribution >= 0.6 is 0 Å². The van der Waals surface area contributed by atoms with E-state index in [1.807, 2.05) is 0 Å². The lowest BCUT2D eigenvalue weighted by Gasteiger charge is -2.43. The zero-order valence-electron chi connectivity index (χ0n) is 16.5. The van der Waals surface area contributed by atoms with Crippen molar-refractivity contribution >= 4 is 5.97 Å². The lowest BCUT2D eigenvalue weighted by Crippen LogP contribution is -2.54. The Balaban J connectivity index is 1.90. The first-order chi connectivity index (χ1) is 13.0. The van der Waals surface area contributed by atoms with Gasteiger partial charge in [-0.15, -0.1) is 0 Å². The summed E-state index contributed by atoms with van der Waals surface area (Å²) in [5.41, 5.74) is 3.95. The quantitative estimate of drug-likeness (QED) is 0.839. The average molecular weight is 367 g/mol. The smallest absolute Gasteiger partial charge is 0.317 e. The van der Waals surface area contributed by atoms with Crippen molar-refractivity contribution in [1.82, 2.24) is 9.80 Å². The summed E-state index contributed by atoms with van der Waals surface area (Å²) in [4.78, 5) is 15.7. The van der Waals surface area contributed by atoms with Crippen molar-refractivity contribution in [3.05, 3.63) is 71.3 Å². The van der Waals surface area contributed by atoms with Gasteiger partial charge in [0, 0.05) is 25.7 Å². The number of rotatable bonds is 6. The molecule has 0 spiro atoms. The van der Waals surface area contributed by atoms with Crippen LogP contribution in [0.1, 0.15) is 49.4 Å². The zero-order chi connectivity index (χ0) is 19.4. The van der Waals surface area contributed by atoms with Crippen LogP contribution in [0.4, 0.5) is 0 Å². The van der Waals surface area contributed by atoms with Gasteiger partial charge in [0.1, 0.15) is 0 Å². The van der Waals surface area contributed by atoms with Crippen molar-refractivity contribution in [2.75, 3.05) is 26.2 Å². The fraction of sp³-hybridized carbons (Fsp3) is 0.435. The van der Waals surface area contributed by atoms with Crippen LogP contribution in [0.15, 0.2) is 54.6 Å². The van der Waals surface area contributed by atoms with Crippen LogP contribution < -0.4 is 0 Å². The number of hydrogen-bond donors (Lipinski definition) is 1. The SMILES string of the molecule is CC(C)c1cccc([C@@H](c2ccccc2)N2CCN(CC(=O)O)[C@H](C)C2)c1. The number of benzene rings is 2. The molecule has 0 bridgehead atoms. The van der Waals surface area contributed by atoms with E-state index in [1.165, 1.54) is 16.7 Å². The summed E-state index contributed by atoms with van der Waals surface area (Å²) in [5.74, 6) is -0.257. The van der Waals surface area contributed by atoms with E-state index in [4.69, 9.17) is 5.11 Å². The maximum absolute atomic E-state index is 11.1. The first kappa shape index (κ1) is 19.6. The van der Waals surface area contributed by atoms with E-state index in [1.54, 1.807) is 0 Å². The molecular weight excluding hydrogens is 336 g/mol. The molecule has 1 heterocycles. The summed E-state index contributed by atoms with van der Waals surface area (Å²) in [5, 5.41) is 9.14. The molecule has 2 aromatic rings. The topological polar surface area (TPSA) is 43.8 Å². The van der Waals surface area contributed by atoms with Crippen molar-refractivity contribution in [2.45, 2.75) is 38.8 Å². The van der Waals surface area contributed by atoms with Crippen molar-refractivity contribution < 1.29 is 9.90 Å². The summed E-state index contributed by atoms with van der Waals surface area (Å²) < 4.78 is 0. The fourth-order valence-electron chi connectivity index (χ4n) is 4.00. The van der Waals surface area contributed by atoms with E-state index in [0.29, 0.717) is 5.92 Å². The van der Waals surface area contributed by atoms with Gasteiger partial charge in [-0.05, 0) is 29.5 Å². The van der Waals surface area contributed by atoms with Gasteiger partial charge in [0.25, 0.3) is 0 Å². The van der Waals surface area contributed by atoms with Crippen LogP contribution in [0, 0.1) is 0 Å².